The molecule has 0 aliphatic carbocycles. The monoisotopic (exact) mass is 627 g/mol. The van der Waals surface area contributed by atoms with Gasteiger partial charge in [-0.25, -0.2) is 4.98 Å². The van der Waals surface area contributed by atoms with Crippen molar-refractivity contribution in [2.75, 3.05) is 0 Å². The van der Waals surface area contributed by atoms with E-state index in [0.29, 0.717) is 33.3 Å². The van der Waals surface area contributed by atoms with Crippen LogP contribution in [-0.4, -0.2) is 9.55 Å². The van der Waals surface area contributed by atoms with Crippen molar-refractivity contribution in [2.24, 2.45) is 0 Å². The van der Waals surface area contributed by atoms with Crippen LogP contribution in [0, 0.1) is 6.85 Å². The smallest absolute Gasteiger partial charge is 0.149 e. The van der Waals surface area contributed by atoms with Gasteiger partial charge in [-0.3, -0.25) is 4.57 Å². The van der Waals surface area contributed by atoms with Crippen LogP contribution in [0.15, 0.2) is 124 Å². The number of aromatic nitrogens is 2. The maximum atomic E-state index is 8.55. The summed E-state index contributed by atoms with van der Waals surface area (Å²) in [5.74, 6) is 1.09. The van der Waals surface area contributed by atoms with E-state index in [9.17, 15) is 0 Å². The lowest BCUT2D eigenvalue weighted by molar-refractivity contribution is 0.664. The summed E-state index contributed by atoms with van der Waals surface area (Å²) in [6, 6.07) is 38.7. The van der Waals surface area contributed by atoms with Crippen LogP contribution < -0.4 is 0 Å². The van der Waals surface area contributed by atoms with Crippen molar-refractivity contribution in [1.82, 2.24) is 9.55 Å². The number of aryl methyl sites for hydroxylation is 1. The highest BCUT2D eigenvalue weighted by Gasteiger charge is 2.26. The Morgan fingerprint density at radius 2 is 1.31 bits per heavy atom. The molecule has 0 amide bonds. The molecular formula is C44H36N2O2. The predicted octanol–water partition coefficient (Wildman–Crippen LogP) is 12.7. The molecule has 9 rings (SSSR count). The fraction of sp³-hybridized carbons (Fsp3) is 0.159. The van der Waals surface area contributed by atoms with Gasteiger partial charge in [0.25, 0.3) is 0 Å². The first-order chi connectivity index (χ1) is 24.6. The Morgan fingerprint density at radius 1 is 0.625 bits per heavy atom. The molecule has 0 aliphatic rings. The first-order valence-corrected chi connectivity index (χ1v) is 16.6. The molecule has 4 heteroatoms. The van der Waals surface area contributed by atoms with Gasteiger partial charge in [0.05, 0.1) is 22.3 Å². The Morgan fingerprint density at radius 3 is 2.08 bits per heavy atom. The molecule has 9 aromatic rings. The van der Waals surface area contributed by atoms with Crippen LogP contribution in [0.3, 0.4) is 0 Å². The predicted molar refractivity (Wildman–Crippen MR) is 199 cm³/mol. The van der Waals surface area contributed by atoms with E-state index in [0.717, 1.165) is 38.6 Å². The van der Waals surface area contributed by atoms with Crippen LogP contribution in [0.2, 0.25) is 0 Å². The largest absolute Gasteiger partial charge is 0.456 e. The van der Waals surface area contributed by atoms with Gasteiger partial charge in [0, 0.05) is 25.7 Å². The number of para-hydroxylation sites is 3. The minimum atomic E-state index is -2.38. The van der Waals surface area contributed by atoms with E-state index in [1.807, 2.05) is 66.7 Å². The summed E-state index contributed by atoms with van der Waals surface area (Å²) >= 11 is 0. The second-order valence-electron chi connectivity index (χ2n) is 13.3. The molecule has 0 fully saturated rings. The maximum Gasteiger partial charge on any atom is 0.149 e. The summed E-state index contributed by atoms with van der Waals surface area (Å²) in [4.78, 5) is 5.28. The summed E-state index contributed by atoms with van der Waals surface area (Å²) in [6.07, 6.45) is 0. The van der Waals surface area contributed by atoms with Gasteiger partial charge in [0.1, 0.15) is 28.2 Å². The van der Waals surface area contributed by atoms with Crippen molar-refractivity contribution < 1.29 is 12.9 Å². The van der Waals surface area contributed by atoms with Crippen molar-refractivity contribution in [1.29, 1.82) is 0 Å². The number of benzene rings is 6. The van der Waals surface area contributed by atoms with Gasteiger partial charge in [0.15, 0.2) is 0 Å². The second kappa shape index (κ2) is 10.7. The average molecular weight is 628 g/mol. The van der Waals surface area contributed by atoms with Gasteiger partial charge in [-0.1, -0.05) is 94.4 Å². The fourth-order valence-electron chi connectivity index (χ4n) is 7.32. The number of rotatable bonds is 5. The van der Waals surface area contributed by atoms with E-state index in [2.05, 4.69) is 74.7 Å². The fourth-order valence-corrected chi connectivity index (χ4v) is 7.32. The lowest BCUT2D eigenvalue weighted by Crippen LogP contribution is -2.09. The molecule has 0 saturated heterocycles. The van der Waals surface area contributed by atoms with Crippen molar-refractivity contribution >= 4 is 54.9 Å². The number of imidazole rings is 1. The molecule has 0 saturated carbocycles. The van der Waals surface area contributed by atoms with Crippen LogP contribution in [0.25, 0.3) is 83.1 Å². The Labute approximate surface area is 283 Å². The number of hydrogen-bond acceptors (Lipinski definition) is 3. The standard InChI is InChI=1S/C44H36N2O2/c1-25(2)32-21-29(28-13-7-6-8-14-28)22-33(26(3)4)42(32)46-37-17-11-10-16-36(37)45-44(46)31-20-19-27(5)41-35-24-39-34(23-40(35)48-43(31)41)30-15-9-12-18-38(30)47-39/h6-26H,1-5H3/i5D3. The molecule has 0 N–H and O–H groups in total. The van der Waals surface area contributed by atoms with Crippen molar-refractivity contribution in [3.05, 3.63) is 132 Å². The maximum absolute atomic E-state index is 8.55. The molecule has 0 bridgehead atoms. The molecule has 48 heavy (non-hydrogen) atoms. The molecule has 0 radical (unpaired) electrons. The van der Waals surface area contributed by atoms with Gasteiger partial charge in [-0.15, -0.1) is 0 Å². The van der Waals surface area contributed by atoms with E-state index in [1.165, 1.54) is 22.3 Å². The lowest BCUT2D eigenvalue weighted by atomic mass is 9.88. The zero-order chi connectivity index (χ0) is 35.2. The van der Waals surface area contributed by atoms with Crippen molar-refractivity contribution in [3.63, 3.8) is 0 Å². The summed E-state index contributed by atoms with van der Waals surface area (Å²) in [5.41, 5.74) is 11.2. The quantitative estimate of drug-likeness (QED) is 0.191. The topological polar surface area (TPSA) is 44.1 Å². The summed E-state index contributed by atoms with van der Waals surface area (Å²) < 4.78 is 40.9. The SMILES string of the molecule is [2H]C([2H])([2H])c1ccc(-c2nc3ccccc3n2-c2c(C(C)C)cc(-c3ccccc3)cc2C(C)C)c2oc3cc4c(cc3c12)oc1ccccc14. The molecule has 0 unspecified atom stereocenters. The number of nitrogens with zero attached hydrogens (tertiary/aromatic N) is 2. The van der Waals surface area contributed by atoms with E-state index in [1.54, 1.807) is 6.07 Å². The van der Waals surface area contributed by atoms with Gasteiger partial charge >= 0.3 is 0 Å². The molecule has 234 valence electrons. The zero-order valence-electron chi connectivity index (χ0n) is 30.3. The van der Waals surface area contributed by atoms with Crippen LogP contribution in [0.5, 0.6) is 0 Å². The molecule has 6 aromatic carbocycles. The van der Waals surface area contributed by atoms with Crippen molar-refractivity contribution in [2.45, 2.75) is 46.4 Å². The van der Waals surface area contributed by atoms with Gasteiger partial charge in [-0.05, 0) is 95.0 Å². The minimum Gasteiger partial charge on any atom is -0.456 e. The third-order valence-corrected chi connectivity index (χ3v) is 9.66. The highest BCUT2D eigenvalue weighted by Crippen LogP contribution is 2.44. The molecule has 3 heterocycles. The Hall–Kier alpha value is -5.61. The third-order valence-electron chi connectivity index (χ3n) is 9.66. The highest BCUT2D eigenvalue weighted by molar-refractivity contribution is 6.17. The first kappa shape index (κ1) is 25.5. The lowest BCUT2D eigenvalue weighted by Gasteiger charge is -2.24. The Bertz CT molecular complexity index is 2770. The van der Waals surface area contributed by atoms with E-state index >= 15 is 0 Å². The zero-order valence-corrected chi connectivity index (χ0v) is 27.3. The summed E-state index contributed by atoms with van der Waals surface area (Å²) in [6.45, 7) is 6.56. The number of furan rings is 2. The van der Waals surface area contributed by atoms with E-state index in [-0.39, 0.29) is 17.4 Å². The molecule has 4 nitrogen and oxygen atoms in total. The minimum absolute atomic E-state index is 0.199. The third kappa shape index (κ3) is 4.25. The van der Waals surface area contributed by atoms with Gasteiger partial charge in [0.2, 0.25) is 0 Å². The summed E-state index contributed by atoms with van der Waals surface area (Å²) in [5, 5.41) is 3.15. The second-order valence-corrected chi connectivity index (χ2v) is 13.3. The normalized spacial score (nSPS) is 13.4. The summed E-state index contributed by atoms with van der Waals surface area (Å²) in [7, 11) is 0. The van der Waals surface area contributed by atoms with Crippen LogP contribution in [0.1, 0.15) is 60.3 Å². The average Bonchev–Trinajstić information content (AvgIpc) is 3.80. The van der Waals surface area contributed by atoms with Crippen molar-refractivity contribution in [3.8, 4) is 28.2 Å². The van der Waals surface area contributed by atoms with E-state index in [4.69, 9.17) is 17.9 Å². The number of fused-ring (bicyclic) bond motifs is 7. The Kier molecular flexibility index (Phi) is 5.69. The molecule has 0 atom stereocenters. The molecule has 3 aromatic heterocycles. The van der Waals surface area contributed by atoms with Crippen LogP contribution in [-0.2, 0) is 0 Å². The molecule has 0 aliphatic heterocycles. The van der Waals surface area contributed by atoms with E-state index < -0.39 is 6.85 Å². The van der Waals surface area contributed by atoms with Gasteiger partial charge < -0.3 is 8.83 Å². The molecular weight excluding hydrogens is 588 g/mol. The van der Waals surface area contributed by atoms with Gasteiger partial charge in [-0.2, -0.15) is 0 Å². The highest BCUT2D eigenvalue weighted by atomic mass is 16.3. The Balaban J connectivity index is 1.39. The van der Waals surface area contributed by atoms with Crippen LogP contribution >= 0.6 is 0 Å². The number of hydrogen-bond donors (Lipinski definition) is 0. The first-order valence-electron chi connectivity index (χ1n) is 18.1. The van der Waals surface area contributed by atoms with Crippen LogP contribution in [0.4, 0.5) is 0 Å². The molecule has 0 spiro atoms.